The van der Waals surface area contributed by atoms with Crippen molar-refractivity contribution < 1.29 is 13.9 Å². The van der Waals surface area contributed by atoms with E-state index in [1.807, 2.05) is 0 Å². The fraction of sp³-hybridized carbons (Fsp3) is 0.571. The van der Waals surface area contributed by atoms with Gasteiger partial charge in [-0.15, -0.1) is 0 Å². The first kappa shape index (κ1) is 15.1. The van der Waals surface area contributed by atoms with Crippen LogP contribution in [0.3, 0.4) is 0 Å². The van der Waals surface area contributed by atoms with E-state index in [2.05, 4.69) is 26.1 Å². The highest BCUT2D eigenvalue weighted by Gasteiger charge is 2.16. The van der Waals surface area contributed by atoms with Crippen molar-refractivity contribution in [3.05, 3.63) is 35.4 Å². The molecule has 0 saturated carbocycles. The van der Waals surface area contributed by atoms with E-state index in [-0.39, 0.29) is 5.41 Å². The van der Waals surface area contributed by atoms with Crippen molar-refractivity contribution in [1.29, 1.82) is 0 Å². The van der Waals surface area contributed by atoms with Gasteiger partial charge in [-0.3, -0.25) is 0 Å². The molecule has 4 heteroatoms. The first-order chi connectivity index (χ1) is 8.35. The molecule has 0 amide bonds. The predicted molar refractivity (Wildman–Crippen MR) is 68.3 cm³/mol. The number of benzene rings is 1. The Hall–Kier alpha value is -1.00. The molecule has 0 bridgehead atoms. The number of hydrogen-bond donors (Lipinski definition) is 2. The number of halogens is 2. The molecule has 1 rings (SSSR count). The van der Waals surface area contributed by atoms with Crippen molar-refractivity contribution in [3.8, 4) is 0 Å². The van der Waals surface area contributed by atoms with E-state index < -0.39 is 17.7 Å². The van der Waals surface area contributed by atoms with Crippen LogP contribution in [-0.2, 0) is 0 Å². The average molecular weight is 257 g/mol. The molecule has 0 radical (unpaired) electrons. The zero-order chi connectivity index (χ0) is 13.8. The van der Waals surface area contributed by atoms with Gasteiger partial charge in [-0.25, -0.2) is 8.78 Å². The van der Waals surface area contributed by atoms with Crippen molar-refractivity contribution in [2.45, 2.75) is 33.3 Å². The van der Waals surface area contributed by atoms with Crippen molar-refractivity contribution in [1.82, 2.24) is 5.32 Å². The number of rotatable bonds is 6. The molecule has 2 nitrogen and oxygen atoms in total. The third-order valence-electron chi connectivity index (χ3n) is 3.23. The first-order valence-electron chi connectivity index (χ1n) is 6.19. The van der Waals surface area contributed by atoms with Crippen LogP contribution < -0.4 is 5.32 Å². The Morgan fingerprint density at radius 1 is 1.28 bits per heavy atom. The molecule has 0 aliphatic rings. The van der Waals surface area contributed by atoms with Gasteiger partial charge in [-0.05, 0) is 29.5 Å². The second-order valence-electron chi connectivity index (χ2n) is 5.34. The van der Waals surface area contributed by atoms with E-state index in [0.29, 0.717) is 12.1 Å². The third kappa shape index (κ3) is 4.35. The summed E-state index contributed by atoms with van der Waals surface area (Å²) >= 11 is 0. The lowest BCUT2D eigenvalue weighted by molar-refractivity contribution is 0.167. The van der Waals surface area contributed by atoms with E-state index in [4.69, 9.17) is 0 Å². The zero-order valence-corrected chi connectivity index (χ0v) is 11.1. The lowest BCUT2D eigenvalue weighted by atomic mass is 9.90. The van der Waals surface area contributed by atoms with Gasteiger partial charge >= 0.3 is 0 Å². The summed E-state index contributed by atoms with van der Waals surface area (Å²) in [6.07, 6.45) is 0.203. The highest BCUT2D eigenvalue weighted by Crippen LogP contribution is 2.19. The number of aliphatic hydroxyl groups excluding tert-OH is 1. The Kier molecular flexibility index (Phi) is 5.23. The van der Waals surface area contributed by atoms with Crippen molar-refractivity contribution >= 4 is 0 Å². The molecule has 1 unspecified atom stereocenters. The molecule has 0 saturated heterocycles. The molecule has 1 aromatic rings. The monoisotopic (exact) mass is 257 g/mol. The fourth-order valence-corrected chi connectivity index (χ4v) is 1.51. The van der Waals surface area contributed by atoms with Crippen LogP contribution in [-0.4, -0.2) is 18.2 Å². The molecule has 1 aromatic carbocycles. The highest BCUT2D eigenvalue weighted by molar-refractivity contribution is 5.20. The molecule has 0 spiro atoms. The van der Waals surface area contributed by atoms with Crippen molar-refractivity contribution in [3.63, 3.8) is 0 Å². The van der Waals surface area contributed by atoms with E-state index in [0.717, 1.165) is 25.1 Å². The SMILES string of the molecule is CCC(C)(C)CNCC(O)c1ccc(F)c(F)c1. The van der Waals surface area contributed by atoms with E-state index >= 15 is 0 Å². The minimum Gasteiger partial charge on any atom is -0.387 e. The van der Waals surface area contributed by atoms with Crippen LogP contribution in [0.1, 0.15) is 38.9 Å². The highest BCUT2D eigenvalue weighted by atomic mass is 19.2. The molecule has 0 fully saturated rings. The molecule has 0 aliphatic heterocycles. The van der Waals surface area contributed by atoms with Crippen LogP contribution in [0.25, 0.3) is 0 Å². The molecule has 0 aromatic heterocycles. The molecule has 0 aliphatic carbocycles. The van der Waals surface area contributed by atoms with Gasteiger partial charge in [0.2, 0.25) is 0 Å². The second kappa shape index (κ2) is 6.25. The van der Waals surface area contributed by atoms with E-state index in [1.54, 1.807) is 0 Å². The van der Waals surface area contributed by atoms with Crippen molar-refractivity contribution in [2.75, 3.05) is 13.1 Å². The number of aliphatic hydroxyl groups is 1. The lowest BCUT2D eigenvalue weighted by Crippen LogP contribution is -2.31. The van der Waals surface area contributed by atoms with Crippen LogP contribution in [0, 0.1) is 17.0 Å². The van der Waals surface area contributed by atoms with Gasteiger partial charge < -0.3 is 10.4 Å². The summed E-state index contributed by atoms with van der Waals surface area (Å²) in [4.78, 5) is 0. The Balaban J connectivity index is 2.50. The average Bonchev–Trinajstić information content (AvgIpc) is 2.32. The predicted octanol–water partition coefficient (Wildman–Crippen LogP) is 3.02. The van der Waals surface area contributed by atoms with Crippen LogP contribution >= 0.6 is 0 Å². The minimum absolute atomic E-state index is 0.160. The summed E-state index contributed by atoms with van der Waals surface area (Å²) in [5.41, 5.74) is 0.545. The van der Waals surface area contributed by atoms with Crippen LogP contribution in [0.2, 0.25) is 0 Å². The first-order valence-corrected chi connectivity index (χ1v) is 6.19. The topological polar surface area (TPSA) is 32.3 Å². The largest absolute Gasteiger partial charge is 0.387 e. The Morgan fingerprint density at radius 3 is 2.50 bits per heavy atom. The van der Waals surface area contributed by atoms with Gasteiger partial charge in [0.15, 0.2) is 11.6 Å². The van der Waals surface area contributed by atoms with Gasteiger partial charge in [-0.1, -0.05) is 26.8 Å². The van der Waals surface area contributed by atoms with Crippen LogP contribution in [0.5, 0.6) is 0 Å². The Labute approximate surface area is 107 Å². The zero-order valence-electron chi connectivity index (χ0n) is 11.1. The summed E-state index contributed by atoms with van der Waals surface area (Å²) in [6, 6.07) is 3.46. The smallest absolute Gasteiger partial charge is 0.159 e. The molecular weight excluding hydrogens is 236 g/mol. The van der Waals surface area contributed by atoms with Crippen molar-refractivity contribution in [2.24, 2.45) is 5.41 Å². The van der Waals surface area contributed by atoms with Crippen LogP contribution in [0.4, 0.5) is 8.78 Å². The number of nitrogens with one attached hydrogen (secondary N) is 1. The molecule has 1 atom stereocenters. The molecular formula is C14H21F2NO. The number of hydrogen-bond acceptors (Lipinski definition) is 2. The minimum atomic E-state index is -0.930. The standard InChI is InChI=1S/C14H21F2NO/c1-4-14(2,3)9-17-8-13(18)10-5-6-11(15)12(16)7-10/h5-7,13,17-18H,4,8-9H2,1-3H3. The fourth-order valence-electron chi connectivity index (χ4n) is 1.51. The normalized spacial score (nSPS) is 13.7. The van der Waals surface area contributed by atoms with E-state index in [9.17, 15) is 13.9 Å². The van der Waals surface area contributed by atoms with E-state index in [1.165, 1.54) is 6.07 Å². The summed E-state index contributed by atoms with van der Waals surface area (Å²) < 4.78 is 25.7. The third-order valence-corrected chi connectivity index (χ3v) is 3.23. The maximum atomic E-state index is 13.0. The Morgan fingerprint density at radius 2 is 1.94 bits per heavy atom. The summed E-state index contributed by atoms with van der Waals surface area (Å²) in [7, 11) is 0. The summed E-state index contributed by atoms with van der Waals surface area (Å²) in [5, 5.41) is 13.0. The van der Waals surface area contributed by atoms with Gasteiger partial charge in [0.05, 0.1) is 6.10 Å². The summed E-state index contributed by atoms with van der Waals surface area (Å²) in [6.45, 7) is 7.46. The van der Waals surface area contributed by atoms with Gasteiger partial charge in [0.25, 0.3) is 0 Å². The lowest BCUT2D eigenvalue weighted by Gasteiger charge is -2.24. The van der Waals surface area contributed by atoms with Gasteiger partial charge in [0, 0.05) is 13.1 Å². The maximum Gasteiger partial charge on any atom is 0.159 e. The molecule has 0 heterocycles. The maximum absolute atomic E-state index is 13.0. The van der Waals surface area contributed by atoms with Gasteiger partial charge in [-0.2, -0.15) is 0 Å². The molecule has 2 N–H and O–H groups in total. The van der Waals surface area contributed by atoms with Gasteiger partial charge in [0.1, 0.15) is 0 Å². The molecule has 18 heavy (non-hydrogen) atoms. The quantitative estimate of drug-likeness (QED) is 0.821. The molecule has 102 valence electrons. The second-order valence-corrected chi connectivity index (χ2v) is 5.34. The Bertz CT molecular complexity index is 393. The summed E-state index contributed by atoms with van der Waals surface area (Å²) in [5.74, 6) is -1.83. The van der Waals surface area contributed by atoms with Crippen LogP contribution in [0.15, 0.2) is 18.2 Å².